The van der Waals surface area contributed by atoms with E-state index in [1.54, 1.807) is 6.26 Å². The fraction of sp³-hybridized carbons (Fsp3) is 0.909. The Morgan fingerprint density at radius 1 is 1.56 bits per heavy atom. The Kier molecular flexibility index (Phi) is 5.41. The van der Waals surface area contributed by atoms with Gasteiger partial charge in [0, 0.05) is 35.9 Å². The van der Waals surface area contributed by atoms with Gasteiger partial charge in [-0.05, 0) is 32.7 Å². The smallest absolute Gasteiger partial charge is 0.227 e. The zero-order valence-electron chi connectivity index (χ0n) is 10.2. The predicted molar refractivity (Wildman–Crippen MR) is 66.8 cm³/mol. The molecule has 2 N–H and O–H groups in total. The minimum atomic E-state index is -0.759. The van der Waals surface area contributed by atoms with E-state index in [9.17, 15) is 9.00 Å². The van der Waals surface area contributed by atoms with E-state index in [0.29, 0.717) is 12.3 Å². The third-order valence-electron chi connectivity index (χ3n) is 3.04. The highest BCUT2D eigenvalue weighted by Crippen LogP contribution is 2.25. The highest BCUT2D eigenvalue weighted by atomic mass is 32.2. The highest BCUT2D eigenvalue weighted by molar-refractivity contribution is 7.84. The summed E-state index contributed by atoms with van der Waals surface area (Å²) in [6, 6.07) is 0. The number of rotatable bonds is 5. The standard InChI is InChI=1S/C11H22N2O2S/c1-11(5-3-6-12-9-11)10(14)13-7-4-8-16(2)15/h12H,3-9H2,1-2H3,(H,13,14). The third-order valence-corrected chi connectivity index (χ3v) is 3.90. The van der Waals surface area contributed by atoms with Gasteiger partial charge >= 0.3 is 0 Å². The molecule has 2 atom stereocenters. The van der Waals surface area contributed by atoms with Crippen molar-refractivity contribution in [1.82, 2.24) is 10.6 Å². The second-order valence-corrected chi connectivity index (χ2v) is 6.28. The summed E-state index contributed by atoms with van der Waals surface area (Å²) in [4.78, 5) is 11.9. The van der Waals surface area contributed by atoms with Crippen LogP contribution in [-0.4, -0.2) is 41.8 Å². The Bertz CT molecular complexity index is 263. The molecule has 0 aromatic carbocycles. The summed E-state index contributed by atoms with van der Waals surface area (Å²) in [5.41, 5.74) is -0.260. The van der Waals surface area contributed by atoms with Gasteiger partial charge in [-0.3, -0.25) is 9.00 Å². The molecule has 1 amide bonds. The lowest BCUT2D eigenvalue weighted by Crippen LogP contribution is -2.48. The van der Waals surface area contributed by atoms with E-state index in [-0.39, 0.29) is 11.3 Å². The normalized spacial score (nSPS) is 27.4. The minimum absolute atomic E-state index is 0.126. The number of nitrogens with one attached hydrogen (secondary N) is 2. The fourth-order valence-electron chi connectivity index (χ4n) is 1.94. The number of carbonyl (C=O) groups excluding carboxylic acids is 1. The van der Waals surface area contributed by atoms with Gasteiger partial charge in [0.25, 0.3) is 0 Å². The quantitative estimate of drug-likeness (QED) is 0.684. The van der Waals surface area contributed by atoms with Crippen LogP contribution in [0.1, 0.15) is 26.2 Å². The lowest BCUT2D eigenvalue weighted by molar-refractivity contribution is -0.131. The van der Waals surface area contributed by atoms with E-state index in [2.05, 4.69) is 10.6 Å². The van der Waals surface area contributed by atoms with E-state index < -0.39 is 10.8 Å². The summed E-state index contributed by atoms with van der Waals surface area (Å²) in [5.74, 6) is 0.788. The molecule has 0 radical (unpaired) electrons. The molecule has 1 aliphatic rings. The molecule has 0 bridgehead atoms. The summed E-state index contributed by atoms with van der Waals surface area (Å²) >= 11 is 0. The predicted octanol–water partition coefficient (Wildman–Crippen LogP) is 0.261. The molecule has 0 aromatic rings. The van der Waals surface area contributed by atoms with Crippen molar-refractivity contribution in [3.63, 3.8) is 0 Å². The third kappa shape index (κ3) is 4.22. The van der Waals surface area contributed by atoms with Gasteiger partial charge < -0.3 is 10.6 Å². The van der Waals surface area contributed by atoms with Crippen molar-refractivity contribution in [3.05, 3.63) is 0 Å². The molecule has 1 rings (SSSR count). The van der Waals surface area contributed by atoms with E-state index in [0.717, 1.165) is 32.4 Å². The second kappa shape index (κ2) is 6.35. The minimum Gasteiger partial charge on any atom is -0.356 e. The maximum Gasteiger partial charge on any atom is 0.227 e. The van der Waals surface area contributed by atoms with Crippen molar-refractivity contribution in [2.75, 3.05) is 31.6 Å². The molecule has 16 heavy (non-hydrogen) atoms. The summed E-state index contributed by atoms with van der Waals surface area (Å²) in [5, 5.41) is 6.19. The van der Waals surface area contributed by atoms with Crippen molar-refractivity contribution in [2.24, 2.45) is 5.41 Å². The zero-order valence-corrected chi connectivity index (χ0v) is 11.0. The summed E-state index contributed by atoms with van der Waals surface area (Å²) in [7, 11) is -0.759. The Labute approximate surface area is 100 Å². The monoisotopic (exact) mass is 246 g/mol. The molecule has 1 fully saturated rings. The number of hydrogen-bond acceptors (Lipinski definition) is 3. The van der Waals surface area contributed by atoms with Crippen LogP contribution in [0.2, 0.25) is 0 Å². The maximum atomic E-state index is 11.9. The Morgan fingerprint density at radius 2 is 2.31 bits per heavy atom. The molecule has 1 heterocycles. The van der Waals surface area contributed by atoms with Gasteiger partial charge in [-0.1, -0.05) is 0 Å². The van der Waals surface area contributed by atoms with Crippen molar-refractivity contribution >= 4 is 16.7 Å². The number of hydrogen-bond donors (Lipinski definition) is 2. The molecule has 0 saturated carbocycles. The first-order valence-electron chi connectivity index (χ1n) is 5.84. The fourth-order valence-corrected chi connectivity index (χ4v) is 2.49. The van der Waals surface area contributed by atoms with Gasteiger partial charge in [0.1, 0.15) is 0 Å². The van der Waals surface area contributed by atoms with Gasteiger partial charge in [0.2, 0.25) is 5.91 Å². The largest absolute Gasteiger partial charge is 0.356 e. The molecule has 4 nitrogen and oxygen atoms in total. The maximum absolute atomic E-state index is 11.9. The van der Waals surface area contributed by atoms with Gasteiger partial charge in [-0.2, -0.15) is 0 Å². The van der Waals surface area contributed by atoms with Crippen LogP contribution in [0.4, 0.5) is 0 Å². The van der Waals surface area contributed by atoms with Crippen LogP contribution in [0.3, 0.4) is 0 Å². The molecule has 1 aliphatic heterocycles. The molecular weight excluding hydrogens is 224 g/mol. The Hall–Kier alpha value is -0.420. The van der Waals surface area contributed by atoms with Gasteiger partial charge in [0.05, 0.1) is 5.41 Å². The number of piperidine rings is 1. The molecule has 2 unspecified atom stereocenters. The van der Waals surface area contributed by atoms with Crippen LogP contribution in [0, 0.1) is 5.41 Å². The lowest BCUT2D eigenvalue weighted by atomic mass is 9.82. The molecule has 0 aliphatic carbocycles. The summed E-state index contributed by atoms with van der Waals surface area (Å²) < 4.78 is 10.8. The first-order chi connectivity index (χ1) is 7.54. The molecule has 5 heteroatoms. The topological polar surface area (TPSA) is 58.2 Å². The average Bonchev–Trinajstić information content (AvgIpc) is 2.25. The van der Waals surface area contributed by atoms with E-state index in [1.807, 2.05) is 6.92 Å². The van der Waals surface area contributed by atoms with Crippen molar-refractivity contribution in [2.45, 2.75) is 26.2 Å². The molecule has 0 spiro atoms. The SMILES string of the molecule is CS(=O)CCCNC(=O)C1(C)CCCNC1. The Balaban J connectivity index is 2.25. The van der Waals surface area contributed by atoms with Gasteiger partial charge in [-0.15, -0.1) is 0 Å². The van der Waals surface area contributed by atoms with E-state index in [1.165, 1.54) is 0 Å². The Morgan fingerprint density at radius 3 is 2.88 bits per heavy atom. The first kappa shape index (κ1) is 13.6. The van der Waals surface area contributed by atoms with Gasteiger partial charge in [0.15, 0.2) is 0 Å². The van der Waals surface area contributed by atoms with Crippen molar-refractivity contribution in [1.29, 1.82) is 0 Å². The van der Waals surface area contributed by atoms with Crippen LogP contribution in [0.5, 0.6) is 0 Å². The number of carbonyl (C=O) groups is 1. The summed E-state index contributed by atoms with van der Waals surface area (Å²) in [6.45, 7) is 4.41. The number of amides is 1. The molecule has 0 aromatic heterocycles. The molecular formula is C11H22N2O2S. The zero-order chi connectivity index (χ0) is 12.0. The van der Waals surface area contributed by atoms with Crippen LogP contribution in [0.15, 0.2) is 0 Å². The van der Waals surface area contributed by atoms with Crippen LogP contribution < -0.4 is 10.6 Å². The van der Waals surface area contributed by atoms with Crippen LogP contribution >= 0.6 is 0 Å². The highest BCUT2D eigenvalue weighted by Gasteiger charge is 2.34. The van der Waals surface area contributed by atoms with E-state index in [4.69, 9.17) is 0 Å². The van der Waals surface area contributed by atoms with Crippen molar-refractivity contribution in [3.8, 4) is 0 Å². The van der Waals surface area contributed by atoms with Crippen molar-refractivity contribution < 1.29 is 9.00 Å². The van der Waals surface area contributed by atoms with Gasteiger partial charge in [-0.25, -0.2) is 0 Å². The summed E-state index contributed by atoms with van der Waals surface area (Å²) in [6.07, 6.45) is 4.49. The molecule has 1 saturated heterocycles. The first-order valence-corrected chi connectivity index (χ1v) is 7.56. The van der Waals surface area contributed by atoms with Crippen LogP contribution in [0.25, 0.3) is 0 Å². The lowest BCUT2D eigenvalue weighted by Gasteiger charge is -2.32. The molecule has 94 valence electrons. The van der Waals surface area contributed by atoms with Crippen LogP contribution in [-0.2, 0) is 15.6 Å². The average molecular weight is 246 g/mol. The van der Waals surface area contributed by atoms with E-state index >= 15 is 0 Å². The second-order valence-electron chi connectivity index (χ2n) is 4.73.